The third kappa shape index (κ3) is 3.71. The molecule has 3 rings (SSSR count). The average Bonchev–Trinajstić information content (AvgIpc) is 3.14. The number of benzene rings is 1. The second-order valence-electron chi connectivity index (χ2n) is 5.44. The predicted octanol–water partition coefficient (Wildman–Crippen LogP) is 2.18. The summed E-state index contributed by atoms with van der Waals surface area (Å²) in [5.41, 5.74) is 1.07. The number of imidazole rings is 1. The van der Waals surface area contributed by atoms with E-state index in [0.717, 1.165) is 15.0 Å². The second-order valence-corrected chi connectivity index (χ2v) is 9.62. The van der Waals surface area contributed by atoms with Gasteiger partial charge in [0.25, 0.3) is 5.91 Å². The highest BCUT2D eigenvalue weighted by Gasteiger charge is 2.20. The number of carbonyl (C=O) groups is 1. The SMILES string of the molecule is CN(C)S(=O)(=O)c1ccc(I)c(C(=O)NCc2cn3ccsc3n2)c1. The zero-order valence-electron chi connectivity index (χ0n) is 13.4. The van der Waals surface area contributed by atoms with Gasteiger partial charge in [-0.25, -0.2) is 17.7 Å². The number of nitrogens with one attached hydrogen (secondary N) is 1. The maximum absolute atomic E-state index is 12.5. The van der Waals surface area contributed by atoms with Gasteiger partial charge in [-0.05, 0) is 40.8 Å². The van der Waals surface area contributed by atoms with E-state index >= 15 is 0 Å². The number of sulfonamides is 1. The lowest BCUT2D eigenvalue weighted by molar-refractivity contribution is 0.0949. The van der Waals surface area contributed by atoms with Crippen molar-refractivity contribution in [2.45, 2.75) is 11.4 Å². The Kier molecular flexibility index (Phi) is 5.14. The molecule has 0 aliphatic rings. The van der Waals surface area contributed by atoms with Gasteiger partial charge in [0, 0.05) is 35.4 Å². The fraction of sp³-hybridized carbons (Fsp3) is 0.200. The van der Waals surface area contributed by atoms with Crippen LogP contribution in [0.2, 0.25) is 0 Å². The average molecular weight is 490 g/mol. The standard InChI is InChI=1S/C15H15IN4O3S2/c1-19(2)25(22,23)11-3-4-13(16)12(7-11)14(21)17-8-10-9-20-5-6-24-15(20)18-10/h3-7,9H,8H2,1-2H3,(H,17,21). The van der Waals surface area contributed by atoms with Crippen molar-refractivity contribution < 1.29 is 13.2 Å². The van der Waals surface area contributed by atoms with Crippen molar-refractivity contribution in [3.8, 4) is 0 Å². The van der Waals surface area contributed by atoms with Crippen LogP contribution < -0.4 is 5.32 Å². The van der Waals surface area contributed by atoms with Gasteiger partial charge in [0.15, 0.2) is 4.96 Å². The molecule has 2 heterocycles. The monoisotopic (exact) mass is 490 g/mol. The summed E-state index contributed by atoms with van der Waals surface area (Å²) in [7, 11) is -0.679. The van der Waals surface area contributed by atoms with Crippen molar-refractivity contribution in [3.63, 3.8) is 0 Å². The quantitative estimate of drug-likeness (QED) is 0.556. The van der Waals surface area contributed by atoms with E-state index in [1.54, 1.807) is 6.07 Å². The Morgan fingerprint density at radius 1 is 1.40 bits per heavy atom. The summed E-state index contributed by atoms with van der Waals surface area (Å²) in [5.74, 6) is -0.337. The van der Waals surface area contributed by atoms with Gasteiger partial charge in [0.1, 0.15) is 0 Å². The molecule has 2 aromatic heterocycles. The number of hydrogen-bond donors (Lipinski definition) is 1. The van der Waals surface area contributed by atoms with Crippen molar-refractivity contribution in [2.75, 3.05) is 14.1 Å². The second kappa shape index (κ2) is 7.02. The Morgan fingerprint density at radius 3 is 2.84 bits per heavy atom. The van der Waals surface area contributed by atoms with Gasteiger partial charge in [0.2, 0.25) is 10.0 Å². The van der Waals surface area contributed by atoms with Crippen molar-refractivity contribution in [1.82, 2.24) is 19.0 Å². The molecule has 0 saturated heterocycles. The van der Waals surface area contributed by atoms with Gasteiger partial charge in [-0.3, -0.25) is 9.20 Å². The molecule has 0 aliphatic heterocycles. The molecule has 0 spiro atoms. The van der Waals surface area contributed by atoms with Crippen LogP contribution in [-0.2, 0) is 16.6 Å². The van der Waals surface area contributed by atoms with Gasteiger partial charge >= 0.3 is 0 Å². The van der Waals surface area contributed by atoms with Crippen LogP contribution in [0.25, 0.3) is 4.96 Å². The Balaban J connectivity index is 1.80. The van der Waals surface area contributed by atoms with E-state index in [1.165, 1.54) is 37.6 Å². The molecule has 3 aromatic rings. The summed E-state index contributed by atoms with van der Waals surface area (Å²) in [5, 5.41) is 4.73. The summed E-state index contributed by atoms with van der Waals surface area (Å²) in [6.07, 6.45) is 3.75. The number of fused-ring (bicyclic) bond motifs is 1. The van der Waals surface area contributed by atoms with Gasteiger partial charge < -0.3 is 5.32 Å². The number of nitrogens with zero attached hydrogens (tertiary/aromatic N) is 3. The Morgan fingerprint density at radius 2 is 2.16 bits per heavy atom. The molecule has 25 heavy (non-hydrogen) atoms. The van der Waals surface area contributed by atoms with Gasteiger partial charge in [-0.2, -0.15) is 0 Å². The Bertz CT molecular complexity index is 1010. The number of carbonyl (C=O) groups excluding carboxylic acids is 1. The van der Waals surface area contributed by atoms with Crippen LogP contribution in [0, 0.1) is 3.57 Å². The third-order valence-corrected chi connectivity index (χ3v) is 7.06. The minimum Gasteiger partial charge on any atom is -0.346 e. The number of rotatable bonds is 5. The topological polar surface area (TPSA) is 83.8 Å². The highest BCUT2D eigenvalue weighted by atomic mass is 127. The fourth-order valence-electron chi connectivity index (χ4n) is 2.18. The van der Waals surface area contributed by atoms with Crippen molar-refractivity contribution in [2.24, 2.45) is 0 Å². The fourth-order valence-corrected chi connectivity index (χ4v) is 4.40. The van der Waals surface area contributed by atoms with E-state index in [4.69, 9.17) is 0 Å². The van der Waals surface area contributed by atoms with E-state index in [2.05, 4.69) is 10.3 Å². The molecular formula is C15H15IN4O3S2. The van der Waals surface area contributed by atoms with Crippen LogP contribution in [0.4, 0.5) is 0 Å². The lowest BCUT2D eigenvalue weighted by atomic mass is 10.2. The maximum atomic E-state index is 12.5. The van der Waals surface area contributed by atoms with E-state index in [0.29, 0.717) is 9.13 Å². The summed E-state index contributed by atoms with van der Waals surface area (Å²) < 4.78 is 28.2. The number of aromatic nitrogens is 2. The maximum Gasteiger partial charge on any atom is 0.252 e. The normalized spacial score (nSPS) is 12.0. The molecule has 0 atom stereocenters. The van der Waals surface area contributed by atoms with Crippen molar-refractivity contribution in [3.05, 3.63) is 50.8 Å². The van der Waals surface area contributed by atoms with Crippen LogP contribution in [0.5, 0.6) is 0 Å². The minimum absolute atomic E-state index is 0.0885. The zero-order valence-corrected chi connectivity index (χ0v) is 17.2. The van der Waals surface area contributed by atoms with Crippen molar-refractivity contribution >= 4 is 54.8 Å². The summed E-state index contributed by atoms with van der Waals surface area (Å²) >= 11 is 3.53. The highest BCUT2D eigenvalue weighted by molar-refractivity contribution is 14.1. The molecule has 132 valence electrons. The number of halogens is 1. The molecule has 0 fully saturated rings. The van der Waals surface area contributed by atoms with Crippen LogP contribution in [-0.4, -0.2) is 42.1 Å². The molecule has 10 heteroatoms. The third-order valence-electron chi connectivity index (χ3n) is 3.53. The number of thiazole rings is 1. The van der Waals surface area contributed by atoms with Gasteiger partial charge in [-0.1, -0.05) is 0 Å². The molecule has 0 saturated carbocycles. The van der Waals surface area contributed by atoms with Crippen LogP contribution in [0.1, 0.15) is 16.1 Å². The predicted molar refractivity (Wildman–Crippen MR) is 104 cm³/mol. The van der Waals surface area contributed by atoms with Crippen molar-refractivity contribution in [1.29, 1.82) is 0 Å². The summed E-state index contributed by atoms with van der Waals surface area (Å²) in [6, 6.07) is 4.52. The smallest absolute Gasteiger partial charge is 0.252 e. The van der Waals surface area contributed by atoms with Crippen LogP contribution in [0.3, 0.4) is 0 Å². The summed E-state index contributed by atoms with van der Waals surface area (Å²) in [4.78, 5) is 17.8. The van der Waals surface area contributed by atoms with Gasteiger partial charge in [-0.15, -0.1) is 11.3 Å². The lowest BCUT2D eigenvalue weighted by Crippen LogP contribution is -2.26. The number of hydrogen-bond acceptors (Lipinski definition) is 5. The molecule has 7 nitrogen and oxygen atoms in total. The van der Waals surface area contributed by atoms with E-state index in [-0.39, 0.29) is 17.3 Å². The first-order valence-electron chi connectivity index (χ1n) is 7.20. The molecule has 0 unspecified atom stereocenters. The molecule has 1 amide bonds. The van der Waals surface area contributed by atoms with Gasteiger partial charge in [0.05, 0.1) is 22.7 Å². The first-order chi connectivity index (χ1) is 11.8. The van der Waals surface area contributed by atoms with Crippen LogP contribution in [0.15, 0.2) is 40.9 Å². The Labute approximate surface area is 162 Å². The highest BCUT2D eigenvalue weighted by Crippen LogP contribution is 2.20. The first-order valence-corrected chi connectivity index (χ1v) is 10.6. The largest absolute Gasteiger partial charge is 0.346 e. The molecule has 0 bridgehead atoms. The van der Waals surface area contributed by atoms with E-state index in [1.807, 2.05) is 44.8 Å². The minimum atomic E-state index is -3.59. The molecule has 0 radical (unpaired) electrons. The Hall–Kier alpha value is -1.50. The molecular weight excluding hydrogens is 475 g/mol. The van der Waals surface area contributed by atoms with Crippen LogP contribution >= 0.6 is 33.9 Å². The molecule has 1 aromatic carbocycles. The number of amides is 1. The molecule has 1 N–H and O–H groups in total. The molecule has 0 aliphatic carbocycles. The zero-order chi connectivity index (χ0) is 18.2. The summed E-state index contributed by atoms with van der Waals surface area (Å²) in [6.45, 7) is 0.272. The lowest BCUT2D eigenvalue weighted by Gasteiger charge is -2.13. The van der Waals surface area contributed by atoms with E-state index < -0.39 is 10.0 Å². The van der Waals surface area contributed by atoms with E-state index in [9.17, 15) is 13.2 Å². The first kappa shape index (κ1) is 18.3.